The van der Waals surface area contributed by atoms with Crippen LogP contribution in [0.2, 0.25) is 0 Å². The Morgan fingerprint density at radius 1 is 1.28 bits per heavy atom. The average molecular weight is 250 g/mol. The first-order valence-corrected chi connectivity index (χ1v) is 6.11. The molecule has 0 aromatic heterocycles. The molecule has 2 atom stereocenters. The highest BCUT2D eigenvalue weighted by Crippen LogP contribution is 2.38. The first-order valence-electron chi connectivity index (χ1n) is 6.11. The fourth-order valence-electron chi connectivity index (χ4n) is 2.04. The third-order valence-electron chi connectivity index (χ3n) is 2.74. The molecular weight excluding hydrogens is 232 g/mol. The molecule has 1 fully saturated rings. The van der Waals surface area contributed by atoms with Crippen molar-refractivity contribution < 1.29 is 19.0 Å². The van der Waals surface area contributed by atoms with Crippen LogP contribution >= 0.6 is 0 Å². The molecule has 4 nitrogen and oxygen atoms in total. The van der Waals surface area contributed by atoms with Crippen molar-refractivity contribution in [3.05, 3.63) is 35.9 Å². The minimum absolute atomic E-state index is 0.334. The van der Waals surface area contributed by atoms with Crippen molar-refractivity contribution in [1.82, 2.24) is 0 Å². The van der Waals surface area contributed by atoms with Crippen molar-refractivity contribution in [3.63, 3.8) is 0 Å². The number of benzene rings is 1. The summed E-state index contributed by atoms with van der Waals surface area (Å²) in [7, 11) is 0. The van der Waals surface area contributed by atoms with E-state index in [1.807, 2.05) is 30.3 Å². The Bertz CT molecular complexity index is 413. The van der Waals surface area contributed by atoms with Crippen molar-refractivity contribution in [2.24, 2.45) is 0 Å². The van der Waals surface area contributed by atoms with Crippen LogP contribution in [0, 0.1) is 0 Å². The van der Waals surface area contributed by atoms with Crippen LogP contribution in [-0.4, -0.2) is 24.5 Å². The summed E-state index contributed by atoms with van der Waals surface area (Å²) in [5.74, 6) is -1.16. The minimum atomic E-state index is -0.780. The van der Waals surface area contributed by atoms with Crippen molar-refractivity contribution in [2.45, 2.75) is 38.8 Å². The van der Waals surface area contributed by atoms with Crippen LogP contribution < -0.4 is 0 Å². The number of hydrogen-bond donors (Lipinski definition) is 0. The van der Waals surface area contributed by atoms with Gasteiger partial charge < -0.3 is 14.2 Å². The largest absolute Gasteiger partial charge is 0.464 e. The second-order valence-corrected chi connectivity index (χ2v) is 4.64. The van der Waals surface area contributed by atoms with Gasteiger partial charge in [-0.15, -0.1) is 0 Å². The molecule has 0 radical (unpaired) electrons. The predicted octanol–water partition coefficient (Wildman–Crippen LogP) is 2.44. The monoisotopic (exact) mass is 250 g/mol. The van der Waals surface area contributed by atoms with Crippen LogP contribution in [0.1, 0.15) is 32.4 Å². The van der Waals surface area contributed by atoms with Crippen molar-refractivity contribution in [3.8, 4) is 0 Å². The molecule has 4 heteroatoms. The molecule has 0 N–H and O–H groups in total. The summed E-state index contributed by atoms with van der Waals surface area (Å²) in [6.45, 7) is 5.70. The van der Waals surface area contributed by atoms with E-state index < -0.39 is 18.0 Å². The summed E-state index contributed by atoms with van der Waals surface area (Å²) < 4.78 is 16.5. The van der Waals surface area contributed by atoms with Crippen molar-refractivity contribution in [2.75, 3.05) is 6.61 Å². The molecule has 0 saturated carbocycles. The Kier molecular flexibility index (Phi) is 3.68. The molecule has 1 aromatic carbocycles. The first-order chi connectivity index (χ1) is 8.53. The van der Waals surface area contributed by atoms with Gasteiger partial charge in [0, 0.05) is 0 Å². The maximum Gasteiger partial charge on any atom is 0.338 e. The zero-order chi connectivity index (χ0) is 13.2. The lowest BCUT2D eigenvalue weighted by Gasteiger charge is -2.16. The maximum atomic E-state index is 11.9. The maximum absolute atomic E-state index is 11.9. The van der Waals surface area contributed by atoms with Crippen LogP contribution in [-0.2, 0) is 19.0 Å². The SMILES string of the molecule is CCOC(=O)[C@@H]1OC(C)(C)O[C@H]1c1ccccc1. The van der Waals surface area contributed by atoms with Gasteiger partial charge in [0.2, 0.25) is 0 Å². The van der Waals surface area contributed by atoms with E-state index in [2.05, 4.69) is 0 Å². The standard InChI is InChI=1S/C14H18O4/c1-4-16-13(15)12-11(17-14(2,3)18-12)10-8-6-5-7-9-10/h5-9,11-12H,4H2,1-3H3/t11-,12+/m0/s1. The summed E-state index contributed by atoms with van der Waals surface area (Å²) in [5, 5.41) is 0. The molecule has 1 aliphatic rings. The van der Waals surface area contributed by atoms with Gasteiger partial charge in [-0.2, -0.15) is 0 Å². The van der Waals surface area contributed by atoms with E-state index >= 15 is 0 Å². The molecule has 0 spiro atoms. The van der Waals surface area contributed by atoms with E-state index in [9.17, 15) is 4.79 Å². The molecular formula is C14H18O4. The fourth-order valence-corrected chi connectivity index (χ4v) is 2.04. The molecule has 0 aliphatic carbocycles. The quantitative estimate of drug-likeness (QED) is 0.773. The lowest BCUT2D eigenvalue weighted by atomic mass is 10.0. The van der Waals surface area contributed by atoms with Crippen LogP contribution in [0.15, 0.2) is 30.3 Å². The summed E-state index contributed by atoms with van der Waals surface area (Å²) in [6, 6.07) is 9.57. The van der Waals surface area contributed by atoms with E-state index in [0.717, 1.165) is 5.56 Å². The highest BCUT2D eigenvalue weighted by atomic mass is 16.8. The van der Waals surface area contributed by atoms with Gasteiger partial charge in [0.25, 0.3) is 0 Å². The van der Waals surface area contributed by atoms with Crippen LogP contribution in [0.25, 0.3) is 0 Å². The highest BCUT2D eigenvalue weighted by Gasteiger charge is 2.46. The third kappa shape index (κ3) is 2.71. The van der Waals surface area contributed by atoms with E-state index in [4.69, 9.17) is 14.2 Å². The number of carbonyl (C=O) groups excluding carboxylic acids is 1. The Morgan fingerprint density at radius 2 is 1.94 bits per heavy atom. The smallest absolute Gasteiger partial charge is 0.338 e. The summed E-state index contributed by atoms with van der Waals surface area (Å²) in [6.07, 6.45) is -1.12. The second-order valence-electron chi connectivity index (χ2n) is 4.64. The molecule has 1 aliphatic heterocycles. The Labute approximate surface area is 107 Å². The van der Waals surface area contributed by atoms with E-state index in [-0.39, 0.29) is 5.97 Å². The summed E-state index contributed by atoms with van der Waals surface area (Å²) >= 11 is 0. The molecule has 1 saturated heterocycles. The van der Waals surface area contributed by atoms with Crippen LogP contribution in [0.5, 0.6) is 0 Å². The Morgan fingerprint density at radius 3 is 2.56 bits per heavy atom. The zero-order valence-electron chi connectivity index (χ0n) is 10.9. The zero-order valence-corrected chi connectivity index (χ0v) is 10.9. The Hall–Kier alpha value is -1.39. The first kappa shape index (κ1) is 13.1. The van der Waals surface area contributed by atoms with Gasteiger partial charge in [-0.25, -0.2) is 4.79 Å². The van der Waals surface area contributed by atoms with Gasteiger partial charge >= 0.3 is 5.97 Å². The topological polar surface area (TPSA) is 44.8 Å². The number of hydrogen-bond acceptors (Lipinski definition) is 4. The summed E-state index contributed by atoms with van der Waals surface area (Å²) in [5.41, 5.74) is 0.918. The molecule has 2 rings (SSSR count). The number of rotatable bonds is 3. The fraction of sp³-hybridized carbons (Fsp3) is 0.500. The van der Waals surface area contributed by atoms with Crippen LogP contribution in [0.3, 0.4) is 0 Å². The lowest BCUT2D eigenvalue weighted by molar-refractivity contribution is -0.170. The predicted molar refractivity (Wildman–Crippen MR) is 65.9 cm³/mol. The van der Waals surface area contributed by atoms with Crippen LogP contribution in [0.4, 0.5) is 0 Å². The van der Waals surface area contributed by atoms with Gasteiger partial charge in [0.1, 0.15) is 6.10 Å². The van der Waals surface area contributed by atoms with Crippen molar-refractivity contribution in [1.29, 1.82) is 0 Å². The lowest BCUT2D eigenvalue weighted by Crippen LogP contribution is -2.29. The molecule has 1 aromatic rings. The second kappa shape index (κ2) is 5.08. The molecule has 0 unspecified atom stereocenters. The minimum Gasteiger partial charge on any atom is -0.464 e. The van der Waals surface area contributed by atoms with Gasteiger partial charge in [-0.05, 0) is 26.3 Å². The average Bonchev–Trinajstić information content (AvgIpc) is 2.67. The number of ether oxygens (including phenoxy) is 3. The number of carbonyl (C=O) groups is 1. The van der Waals surface area contributed by atoms with Gasteiger partial charge in [-0.3, -0.25) is 0 Å². The normalized spacial score (nSPS) is 25.9. The van der Waals surface area contributed by atoms with Gasteiger partial charge in [0.05, 0.1) is 6.61 Å². The van der Waals surface area contributed by atoms with E-state index in [1.54, 1.807) is 20.8 Å². The summed E-state index contributed by atoms with van der Waals surface area (Å²) in [4.78, 5) is 11.9. The molecule has 18 heavy (non-hydrogen) atoms. The Balaban J connectivity index is 2.23. The molecule has 0 amide bonds. The third-order valence-corrected chi connectivity index (χ3v) is 2.74. The van der Waals surface area contributed by atoms with E-state index in [0.29, 0.717) is 6.61 Å². The van der Waals surface area contributed by atoms with E-state index in [1.165, 1.54) is 0 Å². The molecule has 0 bridgehead atoms. The van der Waals surface area contributed by atoms with Gasteiger partial charge in [-0.1, -0.05) is 30.3 Å². The highest BCUT2D eigenvalue weighted by molar-refractivity contribution is 5.76. The molecule has 98 valence electrons. The van der Waals surface area contributed by atoms with Gasteiger partial charge in [0.15, 0.2) is 11.9 Å². The molecule has 1 heterocycles. The van der Waals surface area contributed by atoms with Crippen molar-refractivity contribution >= 4 is 5.97 Å². The number of esters is 1.